The van der Waals surface area contributed by atoms with Gasteiger partial charge in [-0.15, -0.1) is 11.3 Å². The second-order valence-electron chi connectivity index (χ2n) is 5.44. The van der Waals surface area contributed by atoms with Crippen molar-refractivity contribution in [1.29, 1.82) is 0 Å². The maximum atomic E-state index is 5.49. The highest BCUT2D eigenvalue weighted by Crippen LogP contribution is 2.34. The van der Waals surface area contributed by atoms with Gasteiger partial charge in [0.2, 0.25) is 5.13 Å². The van der Waals surface area contributed by atoms with E-state index in [1.165, 1.54) is 11.3 Å². The minimum Gasteiger partial charge on any atom is -0.493 e. The maximum Gasteiger partial charge on any atom is 0.209 e. The van der Waals surface area contributed by atoms with E-state index in [0.29, 0.717) is 23.2 Å². The van der Waals surface area contributed by atoms with E-state index in [4.69, 9.17) is 14.2 Å². The molecule has 0 aliphatic rings. The zero-order valence-corrected chi connectivity index (χ0v) is 15.7. The molecule has 134 valence electrons. The highest BCUT2D eigenvalue weighted by atomic mass is 32.1. The normalized spacial score (nSPS) is 11.0. The van der Waals surface area contributed by atoms with Gasteiger partial charge in [0, 0.05) is 35.4 Å². The zero-order chi connectivity index (χ0) is 18.4. The molecule has 0 N–H and O–H groups in total. The van der Waals surface area contributed by atoms with Crippen molar-refractivity contribution >= 4 is 22.7 Å². The van der Waals surface area contributed by atoms with Crippen LogP contribution in [0.1, 0.15) is 11.1 Å². The van der Waals surface area contributed by atoms with Crippen molar-refractivity contribution in [3.63, 3.8) is 0 Å². The molecule has 3 rings (SSSR count). The van der Waals surface area contributed by atoms with Crippen LogP contribution in [0.3, 0.4) is 0 Å². The van der Waals surface area contributed by atoms with Gasteiger partial charge in [-0.25, -0.2) is 9.98 Å². The average molecular weight is 368 g/mol. The van der Waals surface area contributed by atoms with Gasteiger partial charge < -0.3 is 14.2 Å². The van der Waals surface area contributed by atoms with Crippen molar-refractivity contribution in [2.45, 2.75) is 6.61 Å². The van der Waals surface area contributed by atoms with Crippen LogP contribution in [0.25, 0.3) is 11.3 Å². The average Bonchev–Trinajstić information content (AvgIpc) is 3.16. The molecule has 0 radical (unpaired) electrons. The highest BCUT2D eigenvalue weighted by Gasteiger charge is 2.14. The second-order valence-corrected chi connectivity index (χ2v) is 6.28. The summed E-state index contributed by atoms with van der Waals surface area (Å²) in [5.41, 5.74) is 3.79. The van der Waals surface area contributed by atoms with Gasteiger partial charge >= 0.3 is 0 Å². The first kappa shape index (κ1) is 18.1. The third-order valence-electron chi connectivity index (χ3n) is 3.85. The molecule has 5 nitrogen and oxygen atoms in total. The molecule has 6 heteroatoms. The quantitative estimate of drug-likeness (QED) is 0.566. The summed E-state index contributed by atoms with van der Waals surface area (Å²) >= 11 is 1.50. The fraction of sp³-hybridized carbons (Fsp3) is 0.200. The van der Waals surface area contributed by atoms with Crippen molar-refractivity contribution in [3.05, 3.63) is 59.0 Å². The van der Waals surface area contributed by atoms with Crippen LogP contribution >= 0.6 is 11.3 Å². The van der Waals surface area contributed by atoms with E-state index in [9.17, 15) is 0 Å². The van der Waals surface area contributed by atoms with Crippen LogP contribution in [0.4, 0.5) is 5.13 Å². The summed E-state index contributed by atoms with van der Waals surface area (Å²) in [5, 5.41) is 2.70. The highest BCUT2D eigenvalue weighted by molar-refractivity contribution is 7.13. The molecule has 2 aromatic carbocycles. The Kier molecular flexibility index (Phi) is 5.99. The Hall–Kier alpha value is -2.70. The summed E-state index contributed by atoms with van der Waals surface area (Å²) in [4.78, 5) is 9.11. The predicted octanol–water partition coefficient (Wildman–Crippen LogP) is 4.72. The number of aliphatic imine (C=N–C) groups is 1. The number of nitrogens with zero attached hydrogens (tertiary/aromatic N) is 2. The molecule has 0 atom stereocenters. The third kappa shape index (κ3) is 3.92. The number of thiazole rings is 1. The Morgan fingerprint density at radius 1 is 1.04 bits per heavy atom. The van der Waals surface area contributed by atoms with Crippen LogP contribution in [0.15, 0.2) is 52.8 Å². The van der Waals surface area contributed by atoms with Crippen molar-refractivity contribution in [2.24, 2.45) is 4.99 Å². The van der Waals surface area contributed by atoms with E-state index < -0.39 is 0 Å². The summed E-state index contributed by atoms with van der Waals surface area (Å²) in [6.45, 7) is 0.398. The molecule has 0 saturated carbocycles. The number of hydrogen-bond donors (Lipinski definition) is 0. The Morgan fingerprint density at radius 2 is 1.85 bits per heavy atom. The molecule has 0 bridgehead atoms. The van der Waals surface area contributed by atoms with Gasteiger partial charge in [-0.05, 0) is 12.1 Å². The van der Waals surface area contributed by atoms with E-state index in [2.05, 4.69) is 9.98 Å². The van der Waals surface area contributed by atoms with Crippen LogP contribution in [0.2, 0.25) is 0 Å². The van der Waals surface area contributed by atoms with E-state index in [0.717, 1.165) is 22.4 Å². The minimum atomic E-state index is 0.398. The molecule has 26 heavy (non-hydrogen) atoms. The molecule has 1 heterocycles. The van der Waals surface area contributed by atoms with Crippen LogP contribution in [0.5, 0.6) is 11.5 Å². The summed E-state index contributed by atoms with van der Waals surface area (Å²) in [6, 6.07) is 13.8. The van der Waals surface area contributed by atoms with Gasteiger partial charge in [0.05, 0.1) is 26.5 Å². The summed E-state index contributed by atoms with van der Waals surface area (Å²) in [5.74, 6) is 1.32. The lowest BCUT2D eigenvalue weighted by molar-refractivity contribution is 0.180. The minimum absolute atomic E-state index is 0.398. The first-order chi connectivity index (χ1) is 12.8. The lowest BCUT2D eigenvalue weighted by atomic mass is 10.1. The molecule has 0 aliphatic heterocycles. The molecule has 1 aromatic heterocycles. The second kappa shape index (κ2) is 8.60. The van der Waals surface area contributed by atoms with Crippen molar-refractivity contribution < 1.29 is 14.2 Å². The van der Waals surface area contributed by atoms with Crippen molar-refractivity contribution in [3.8, 4) is 22.8 Å². The zero-order valence-electron chi connectivity index (χ0n) is 14.9. The summed E-state index contributed by atoms with van der Waals surface area (Å²) in [6.07, 6.45) is 1.78. The molecule has 0 spiro atoms. The fourth-order valence-corrected chi connectivity index (χ4v) is 3.28. The van der Waals surface area contributed by atoms with Gasteiger partial charge in [-0.2, -0.15) is 0 Å². The van der Waals surface area contributed by atoms with Crippen molar-refractivity contribution in [1.82, 2.24) is 4.98 Å². The predicted molar refractivity (Wildman–Crippen MR) is 105 cm³/mol. The van der Waals surface area contributed by atoms with E-state index in [-0.39, 0.29) is 0 Å². The first-order valence-corrected chi connectivity index (χ1v) is 8.92. The van der Waals surface area contributed by atoms with Crippen LogP contribution in [-0.4, -0.2) is 32.5 Å². The standard InChI is InChI=1S/C20H20N2O3S/c1-23-12-16-15(9-10-18(24-2)19(16)25-3)11-21-20-22-17(13-26-20)14-7-5-4-6-8-14/h4-11,13H,12H2,1-3H3. The van der Waals surface area contributed by atoms with Gasteiger partial charge in [-0.1, -0.05) is 30.3 Å². The number of methoxy groups -OCH3 is 3. The smallest absolute Gasteiger partial charge is 0.209 e. The first-order valence-electron chi connectivity index (χ1n) is 8.04. The van der Waals surface area contributed by atoms with Gasteiger partial charge in [0.15, 0.2) is 11.5 Å². The van der Waals surface area contributed by atoms with Crippen LogP contribution < -0.4 is 9.47 Å². The number of hydrogen-bond acceptors (Lipinski definition) is 6. The molecule has 3 aromatic rings. The number of ether oxygens (including phenoxy) is 3. The molecular weight excluding hydrogens is 348 g/mol. The maximum absolute atomic E-state index is 5.49. The SMILES string of the molecule is COCc1c(C=Nc2nc(-c3ccccc3)cs2)ccc(OC)c1OC. The number of benzene rings is 2. The number of aromatic nitrogens is 1. The molecule has 0 aliphatic carbocycles. The van der Waals surface area contributed by atoms with E-state index in [1.807, 2.05) is 47.8 Å². The largest absolute Gasteiger partial charge is 0.493 e. The van der Waals surface area contributed by atoms with Crippen LogP contribution in [0, 0.1) is 0 Å². The van der Waals surface area contributed by atoms with Crippen LogP contribution in [-0.2, 0) is 11.3 Å². The van der Waals surface area contributed by atoms with Gasteiger partial charge in [-0.3, -0.25) is 0 Å². The Labute approximate surface area is 156 Å². The molecule has 0 saturated heterocycles. The fourth-order valence-electron chi connectivity index (χ4n) is 2.61. The van der Waals surface area contributed by atoms with Gasteiger partial charge in [0.1, 0.15) is 0 Å². The Morgan fingerprint density at radius 3 is 2.54 bits per heavy atom. The van der Waals surface area contributed by atoms with Crippen molar-refractivity contribution in [2.75, 3.05) is 21.3 Å². The van der Waals surface area contributed by atoms with E-state index >= 15 is 0 Å². The lowest BCUT2D eigenvalue weighted by Crippen LogP contribution is -2.02. The van der Waals surface area contributed by atoms with Gasteiger partial charge in [0.25, 0.3) is 0 Å². The monoisotopic (exact) mass is 368 g/mol. The third-order valence-corrected chi connectivity index (χ3v) is 4.60. The topological polar surface area (TPSA) is 52.9 Å². The molecule has 0 fully saturated rings. The molecular formula is C20H20N2O3S. The summed E-state index contributed by atoms with van der Waals surface area (Å²) in [7, 11) is 4.88. The molecule has 0 unspecified atom stereocenters. The number of rotatable bonds is 7. The lowest BCUT2D eigenvalue weighted by Gasteiger charge is -2.14. The summed E-state index contributed by atoms with van der Waals surface area (Å²) < 4.78 is 16.2. The Balaban J connectivity index is 1.90. The molecule has 0 amide bonds. The Bertz CT molecular complexity index is 891. The van der Waals surface area contributed by atoms with E-state index in [1.54, 1.807) is 27.5 Å².